The lowest BCUT2D eigenvalue weighted by Crippen LogP contribution is -2.43. The molecule has 2 heteroatoms. The van der Waals surface area contributed by atoms with E-state index in [4.69, 9.17) is 0 Å². The molecule has 0 aliphatic carbocycles. The predicted octanol–water partition coefficient (Wildman–Crippen LogP) is 2.10. The smallest absolute Gasteiger partial charge is 0.0217 e. The van der Waals surface area contributed by atoms with Crippen LogP contribution in [0.25, 0.3) is 0 Å². The fourth-order valence-electron chi connectivity index (χ4n) is 1.54. The van der Waals surface area contributed by atoms with Gasteiger partial charge in [0, 0.05) is 18.6 Å². The number of nitrogens with one attached hydrogen (secondary N) is 1. The highest BCUT2D eigenvalue weighted by Gasteiger charge is 2.15. The van der Waals surface area contributed by atoms with E-state index < -0.39 is 0 Å². The van der Waals surface area contributed by atoms with Crippen LogP contribution in [-0.4, -0.2) is 37.1 Å². The van der Waals surface area contributed by atoms with Crippen molar-refractivity contribution in [3.05, 3.63) is 0 Å². The number of rotatable bonds is 7. The van der Waals surface area contributed by atoms with E-state index in [0.29, 0.717) is 12.1 Å². The van der Waals surface area contributed by atoms with Crippen LogP contribution < -0.4 is 5.32 Å². The van der Waals surface area contributed by atoms with Gasteiger partial charge in [0.25, 0.3) is 0 Å². The van der Waals surface area contributed by atoms with Gasteiger partial charge in [0.15, 0.2) is 0 Å². The second-order valence-electron chi connectivity index (χ2n) is 3.79. The molecule has 0 aromatic rings. The van der Waals surface area contributed by atoms with Gasteiger partial charge in [0.1, 0.15) is 0 Å². The van der Waals surface area contributed by atoms with Crippen molar-refractivity contribution in [1.82, 2.24) is 10.2 Å². The lowest BCUT2D eigenvalue weighted by atomic mass is 10.1. The number of nitrogens with zero attached hydrogens (tertiary/aromatic N) is 1. The molecule has 0 bridgehead atoms. The summed E-state index contributed by atoms with van der Waals surface area (Å²) in [6.45, 7) is 11.2. The number of likely N-dealkylation sites (N-methyl/N-ethyl adjacent to an activating group) is 2. The Hall–Kier alpha value is -0.0800. The summed E-state index contributed by atoms with van der Waals surface area (Å²) in [6, 6.07) is 1.39. The van der Waals surface area contributed by atoms with Gasteiger partial charge in [-0.05, 0) is 33.4 Å². The highest BCUT2D eigenvalue weighted by molar-refractivity contribution is 4.73. The van der Waals surface area contributed by atoms with Crippen LogP contribution in [-0.2, 0) is 0 Å². The molecular formula is C11H26N2. The molecule has 0 fully saturated rings. The van der Waals surface area contributed by atoms with Crippen LogP contribution in [0.3, 0.4) is 0 Å². The topological polar surface area (TPSA) is 15.3 Å². The second-order valence-corrected chi connectivity index (χ2v) is 3.79. The maximum absolute atomic E-state index is 3.42. The van der Waals surface area contributed by atoms with Crippen molar-refractivity contribution in [2.24, 2.45) is 0 Å². The SMILES string of the molecule is CCNCC(CC)N(C)C(C)CC. The maximum Gasteiger partial charge on any atom is 0.0217 e. The van der Waals surface area contributed by atoms with Crippen LogP contribution in [0.5, 0.6) is 0 Å². The summed E-state index contributed by atoms with van der Waals surface area (Å²) >= 11 is 0. The minimum absolute atomic E-state index is 0.690. The van der Waals surface area contributed by atoms with E-state index in [-0.39, 0.29) is 0 Å². The lowest BCUT2D eigenvalue weighted by Gasteiger charge is -2.32. The normalized spacial score (nSPS) is 16.2. The molecule has 0 saturated carbocycles. The highest BCUT2D eigenvalue weighted by Crippen LogP contribution is 2.08. The predicted molar refractivity (Wildman–Crippen MR) is 60.1 cm³/mol. The molecule has 2 nitrogen and oxygen atoms in total. The van der Waals surface area contributed by atoms with Crippen LogP contribution in [0.2, 0.25) is 0 Å². The van der Waals surface area contributed by atoms with Gasteiger partial charge in [-0.2, -0.15) is 0 Å². The molecule has 0 amide bonds. The summed E-state index contributed by atoms with van der Waals surface area (Å²) in [6.07, 6.45) is 2.47. The van der Waals surface area contributed by atoms with Crippen molar-refractivity contribution >= 4 is 0 Å². The average Bonchev–Trinajstić information content (AvgIpc) is 2.17. The van der Waals surface area contributed by atoms with E-state index in [1.807, 2.05) is 0 Å². The van der Waals surface area contributed by atoms with Gasteiger partial charge < -0.3 is 5.32 Å². The zero-order valence-corrected chi connectivity index (χ0v) is 9.93. The maximum atomic E-state index is 3.42. The Morgan fingerprint density at radius 3 is 2.15 bits per heavy atom. The highest BCUT2D eigenvalue weighted by atomic mass is 15.2. The third-order valence-corrected chi connectivity index (χ3v) is 2.96. The van der Waals surface area contributed by atoms with Crippen molar-refractivity contribution in [2.75, 3.05) is 20.1 Å². The van der Waals surface area contributed by atoms with Crippen LogP contribution in [0.1, 0.15) is 40.5 Å². The summed E-state index contributed by atoms with van der Waals surface area (Å²) in [5, 5.41) is 3.42. The second kappa shape index (κ2) is 7.34. The van der Waals surface area contributed by atoms with Crippen molar-refractivity contribution in [1.29, 1.82) is 0 Å². The molecule has 0 rings (SSSR count). The van der Waals surface area contributed by atoms with Gasteiger partial charge in [-0.25, -0.2) is 0 Å². The molecule has 2 unspecified atom stereocenters. The number of hydrogen-bond donors (Lipinski definition) is 1. The molecule has 0 saturated heterocycles. The monoisotopic (exact) mass is 186 g/mol. The minimum Gasteiger partial charge on any atom is -0.315 e. The number of hydrogen-bond acceptors (Lipinski definition) is 2. The average molecular weight is 186 g/mol. The first-order chi connectivity index (χ1) is 6.17. The first-order valence-corrected chi connectivity index (χ1v) is 5.59. The Morgan fingerprint density at radius 1 is 1.15 bits per heavy atom. The van der Waals surface area contributed by atoms with Gasteiger partial charge in [0.2, 0.25) is 0 Å². The Bertz CT molecular complexity index is 115. The summed E-state index contributed by atoms with van der Waals surface area (Å²) in [4.78, 5) is 2.49. The van der Waals surface area contributed by atoms with Crippen molar-refractivity contribution in [2.45, 2.75) is 52.6 Å². The zero-order valence-electron chi connectivity index (χ0n) is 9.93. The van der Waals surface area contributed by atoms with Gasteiger partial charge in [-0.15, -0.1) is 0 Å². The Balaban J connectivity index is 3.90. The van der Waals surface area contributed by atoms with E-state index in [2.05, 4.69) is 45.0 Å². The molecular weight excluding hydrogens is 160 g/mol. The third-order valence-electron chi connectivity index (χ3n) is 2.96. The Morgan fingerprint density at radius 2 is 1.77 bits per heavy atom. The van der Waals surface area contributed by atoms with Gasteiger partial charge >= 0.3 is 0 Å². The quantitative estimate of drug-likeness (QED) is 0.655. The molecule has 0 aromatic carbocycles. The molecule has 2 atom stereocenters. The Kier molecular flexibility index (Phi) is 7.29. The molecule has 1 N–H and O–H groups in total. The fraction of sp³-hybridized carbons (Fsp3) is 1.00. The van der Waals surface area contributed by atoms with E-state index in [0.717, 1.165) is 13.1 Å². The molecule has 13 heavy (non-hydrogen) atoms. The molecule has 80 valence electrons. The largest absolute Gasteiger partial charge is 0.315 e. The van der Waals surface area contributed by atoms with Crippen molar-refractivity contribution in [3.63, 3.8) is 0 Å². The summed E-state index contributed by atoms with van der Waals surface area (Å²) in [7, 11) is 2.24. The Labute approximate surface area is 83.7 Å². The van der Waals surface area contributed by atoms with Gasteiger partial charge in [0.05, 0.1) is 0 Å². The molecule has 0 radical (unpaired) electrons. The summed E-state index contributed by atoms with van der Waals surface area (Å²) in [5.41, 5.74) is 0. The standard InChI is InChI=1S/C11H26N2/c1-6-10(4)13(5)11(7-2)9-12-8-3/h10-12H,6-9H2,1-5H3. The molecule has 0 aliphatic heterocycles. The van der Waals surface area contributed by atoms with E-state index in [1.165, 1.54) is 12.8 Å². The van der Waals surface area contributed by atoms with E-state index >= 15 is 0 Å². The van der Waals surface area contributed by atoms with Crippen LogP contribution in [0.4, 0.5) is 0 Å². The molecule has 0 aliphatic rings. The molecule has 0 aromatic heterocycles. The first-order valence-electron chi connectivity index (χ1n) is 5.59. The van der Waals surface area contributed by atoms with Gasteiger partial charge in [-0.1, -0.05) is 20.8 Å². The zero-order chi connectivity index (χ0) is 10.3. The van der Waals surface area contributed by atoms with E-state index in [9.17, 15) is 0 Å². The molecule has 0 heterocycles. The van der Waals surface area contributed by atoms with Crippen LogP contribution in [0.15, 0.2) is 0 Å². The van der Waals surface area contributed by atoms with Crippen molar-refractivity contribution < 1.29 is 0 Å². The fourth-order valence-corrected chi connectivity index (χ4v) is 1.54. The van der Waals surface area contributed by atoms with Crippen LogP contribution >= 0.6 is 0 Å². The minimum atomic E-state index is 0.690. The molecule has 0 spiro atoms. The third kappa shape index (κ3) is 4.63. The van der Waals surface area contributed by atoms with E-state index in [1.54, 1.807) is 0 Å². The van der Waals surface area contributed by atoms with Gasteiger partial charge in [-0.3, -0.25) is 4.90 Å². The summed E-state index contributed by atoms with van der Waals surface area (Å²) in [5.74, 6) is 0. The van der Waals surface area contributed by atoms with Crippen molar-refractivity contribution in [3.8, 4) is 0 Å². The summed E-state index contributed by atoms with van der Waals surface area (Å²) < 4.78 is 0. The lowest BCUT2D eigenvalue weighted by molar-refractivity contribution is 0.172. The van der Waals surface area contributed by atoms with Crippen LogP contribution in [0, 0.1) is 0 Å². The first kappa shape index (κ1) is 12.9.